The number of halogens is 4. The second-order valence-electron chi connectivity index (χ2n) is 5.66. The Morgan fingerprint density at radius 2 is 2.08 bits per heavy atom. The van der Waals surface area contributed by atoms with Crippen LogP contribution in [0.2, 0.25) is 0 Å². The van der Waals surface area contributed by atoms with Crippen molar-refractivity contribution in [3.05, 3.63) is 29.6 Å². The monoisotopic (exact) mass is 349 g/mol. The van der Waals surface area contributed by atoms with E-state index in [1.165, 1.54) is 0 Å². The van der Waals surface area contributed by atoms with Crippen LogP contribution in [0.4, 0.5) is 22.4 Å². The Morgan fingerprint density at radius 3 is 2.67 bits per heavy atom. The number of benzene rings is 1. The molecule has 1 aromatic carbocycles. The summed E-state index contributed by atoms with van der Waals surface area (Å²) in [6.45, 7) is 1.56. The van der Waals surface area contributed by atoms with Crippen LogP contribution < -0.4 is 10.1 Å². The molecule has 5 nitrogen and oxygen atoms in total. The van der Waals surface area contributed by atoms with Gasteiger partial charge in [0.15, 0.2) is 17.3 Å². The summed E-state index contributed by atoms with van der Waals surface area (Å²) in [5.74, 6) is -3.67. The molecule has 0 aromatic heterocycles. The Kier molecular flexibility index (Phi) is 4.73. The quantitative estimate of drug-likeness (QED) is 0.818. The van der Waals surface area contributed by atoms with Gasteiger partial charge in [0, 0.05) is 11.5 Å². The van der Waals surface area contributed by atoms with Gasteiger partial charge in [-0.25, -0.2) is 9.18 Å². The molecular weight excluding hydrogens is 334 g/mol. The zero-order valence-corrected chi connectivity index (χ0v) is 12.6. The molecule has 2 N–H and O–H groups in total. The maximum Gasteiger partial charge on any atom is 0.573 e. The van der Waals surface area contributed by atoms with Gasteiger partial charge in [-0.3, -0.25) is 4.79 Å². The molecule has 2 rings (SSSR count). The largest absolute Gasteiger partial charge is 0.573 e. The van der Waals surface area contributed by atoms with Crippen LogP contribution in [0.25, 0.3) is 0 Å². The fourth-order valence-electron chi connectivity index (χ4n) is 3.03. The van der Waals surface area contributed by atoms with E-state index < -0.39 is 46.8 Å². The predicted molar refractivity (Wildman–Crippen MR) is 73.9 cm³/mol. The van der Waals surface area contributed by atoms with Crippen LogP contribution in [0.5, 0.6) is 5.75 Å². The van der Waals surface area contributed by atoms with Gasteiger partial charge in [0.2, 0.25) is 0 Å². The summed E-state index contributed by atoms with van der Waals surface area (Å²) in [6, 6.07) is 2.93. The van der Waals surface area contributed by atoms with Crippen molar-refractivity contribution >= 4 is 11.9 Å². The van der Waals surface area contributed by atoms with E-state index in [4.69, 9.17) is 5.11 Å². The molecule has 1 unspecified atom stereocenters. The van der Waals surface area contributed by atoms with Crippen molar-refractivity contribution in [1.29, 1.82) is 0 Å². The van der Waals surface area contributed by atoms with Crippen molar-refractivity contribution in [2.24, 2.45) is 5.92 Å². The molecule has 0 spiro atoms. The number of ether oxygens (including phenoxy) is 1. The Bertz CT molecular complexity index is 661. The number of alkyl halides is 3. The van der Waals surface area contributed by atoms with Crippen molar-refractivity contribution in [3.8, 4) is 5.75 Å². The van der Waals surface area contributed by atoms with Gasteiger partial charge in [0.25, 0.3) is 0 Å². The lowest BCUT2D eigenvalue weighted by Gasteiger charge is -2.39. The number of Topliss-reactive ketones (excluding diaryl/α,β-unsaturated/α-hetero) is 1. The van der Waals surface area contributed by atoms with Gasteiger partial charge in [0.05, 0.1) is 0 Å². The van der Waals surface area contributed by atoms with Crippen LogP contribution in [0.3, 0.4) is 0 Å². The van der Waals surface area contributed by atoms with Gasteiger partial charge in [-0.15, -0.1) is 13.2 Å². The fourth-order valence-corrected chi connectivity index (χ4v) is 3.03. The lowest BCUT2D eigenvalue weighted by atomic mass is 9.71. The minimum atomic E-state index is -5.11. The zero-order valence-electron chi connectivity index (χ0n) is 12.6. The minimum Gasteiger partial charge on any atom is -0.465 e. The average Bonchev–Trinajstić information content (AvgIpc) is 2.44. The number of ketones is 1. The topological polar surface area (TPSA) is 75.6 Å². The van der Waals surface area contributed by atoms with Gasteiger partial charge in [-0.2, -0.15) is 0 Å². The average molecular weight is 349 g/mol. The summed E-state index contributed by atoms with van der Waals surface area (Å²) in [6.07, 6.45) is -5.83. The van der Waals surface area contributed by atoms with E-state index in [1.807, 2.05) is 5.32 Å². The van der Waals surface area contributed by atoms with Crippen molar-refractivity contribution in [2.75, 3.05) is 0 Å². The third kappa shape index (κ3) is 3.44. The first-order chi connectivity index (χ1) is 11.1. The highest BCUT2D eigenvalue weighted by atomic mass is 19.4. The van der Waals surface area contributed by atoms with E-state index >= 15 is 0 Å². The van der Waals surface area contributed by atoms with Gasteiger partial charge < -0.3 is 15.2 Å². The summed E-state index contributed by atoms with van der Waals surface area (Å²) < 4.78 is 55.3. The third-order valence-corrected chi connectivity index (χ3v) is 4.03. The summed E-state index contributed by atoms with van der Waals surface area (Å²) in [5.41, 5.74) is -2.40. The van der Waals surface area contributed by atoms with Crippen LogP contribution in [0, 0.1) is 11.7 Å². The molecule has 1 aliphatic rings. The molecule has 1 aromatic rings. The van der Waals surface area contributed by atoms with E-state index in [0.717, 1.165) is 18.2 Å². The number of carbonyl (C=O) groups excluding carboxylic acids is 1. The van der Waals surface area contributed by atoms with Crippen molar-refractivity contribution in [1.82, 2.24) is 5.32 Å². The van der Waals surface area contributed by atoms with Crippen molar-refractivity contribution in [3.63, 3.8) is 0 Å². The number of rotatable bonds is 3. The number of carbonyl (C=O) groups is 2. The van der Waals surface area contributed by atoms with Gasteiger partial charge in [0.1, 0.15) is 5.54 Å². The molecule has 24 heavy (non-hydrogen) atoms. The molecule has 0 saturated heterocycles. The molecule has 1 amide bonds. The van der Waals surface area contributed by atoms with Crippen LogP contribution in [0.1, 0.15) is 31.7 Å². The number of hydrogen-bond donors (Lipinski definition) is 2. The molecule has 0 aliphatic heterocycles. The summed E-state index contributed by atoms with van der Waals surface area (Å²) >= 11 is 0. The number of carboxylic acid groups (broad SMARTS) is 1. The van der Waals surface area contributed by atoms with E-state index in [2.05, 4.69) is 4.74 Å². The molecule has 9 heteroatoms. The Labute approximate surface area is 134 Å². The van der Waals surface area contributed by atoms with E-state index in [0.29, 0.717) is 12.8 Å². The second-order valence-corrected chi connectivity index (χ2v) is 5.66. The van der Waals surface area contributed by atoms with Crippen LogP contribution in [-0.4, -0.2) is 23.3 Å². The molecule has 0 bridgehead atoms. The molecule has 0 heterocycles. The van der Waals surface area contributed by atoms with E-state index in [9.17, 15) is 27.2 Å². The highest BCUT2D eigenvalue weighted by Gasteiger charge is 2.48. The number of nitrogens with one attached hydrogen (secondary N) is 1. The van der Waals surface area contributed by atoms with Crippen LogP contribution in [0.15, 0.2) is 18.2 Å². The normalized spacial score (nSPS) is 24.5. The van der Waals surface area contributed by atoms with E-state index in [-0.39, 0.29) is 6.42 Å². The smallest absolute Gasteiger partial charge is 0.465 e. The van der Waals surface area contributed by atoms with Crippen molar-refractivity contribution < 1.29 is 37.0 Å². The van der Waals surface area contributed by atoms with Gasteiger partial charge >= 0.3 is 12.5 Å². The zero-order chi connectivity index (χ0) is 18.1. The predicted octanol–water partition coefficient (Wildman–Crippen LogP) is 3.58. The van der Waals surface area contributed by atoms with E-state index in [1.54, 1.807) is 6.92 Å². The molecular formula is C15H15F4NO4. The SMILES string of the molecule is CC1CCC[C@@](NC(=O)O)(c2cccc(OC(F)(F)F)c2F)C1=O. The molecule has 1 fully saturated rings. The molecule has 0 radical (unpaired) electrons. The van der Waals surface area contributed by atoms with Crippen LogP contribution >= 0.6 is 0 Å². The third-order valence-electron chi connectivity index (χ3n) is 4.03. The molecule has 2 atom stereocenters. The highest BCUT2D eigenvalue weighted by molar-refractivity contribution is 5.94. The minimum absolute atomic E-state index is 0.0468. The molecule has 1 saturated carbocycles. The number of hydrogen-bond acceptors (Lipinski definition) is 3. The molecule has 1 aliphatic carbocycles. The first kappa shape index (κ1) is 18.0. The fraction of sp³-hybridized carbons (Fsp3) is 0.467. The lowest BCUT2D eigenvalue weighted by molar-refractivity contribution is -0.275. The Balaban J connectivity index is 2.57. The Hall–Kier alpha value is -2.32. The van der Waals surface area contributed by atoms with Crippen LogP contribution in [-0.2, 0) is 10.3 Å². The first-order valence-electron chi connectivity index (χ1n) is 7.17. The lowest BCUT2D eigenvalue weighted by Crippen LogP contribution is -2.55. The summed E-state index contributed by atoms with van der Waals surface area (Å²) in [5, 5.41) is 11.1. The highest BCUT2D eigenvalue weighted by Crippen LogP contribution is 2.40. The van der Waals surface area contributed by atoms with Gasteiger partial charge in [-0.1, -0.05) is 19.1 Å². The van der Waals surface area contributed by atoms with Crippen molar-refractivity contribution in [2.45, 2.75) is 38.1 Å². The summed E-state index contributed by atoms with van der Waals surface area (Å²) in [7, 11) is 0. The van der Waals surface area contributed by atoms with Gasteiger partial charge in [-0.05, 0) is 25.3 Å². The Morgan fingerprint density at radius 1 is 1.42 bits per heavy atom. The standard InChI is InChI=1S/C15H15F4NO4/c1-8-4-3-7-14(12(8)21,20-13(22)23)9-5-2-6-10(11(9)16)24-15(17,18)19/h2,5-6,8,20H,3-4,7H2,1H3,(H,22,23)/t8?,14-/m1/s1. The maximum absolute atomic E-state index is 14.6. The first-order valence-corrected chi connectivity index (χ1v) is 7.17. The molecule has 132 valence electrons. The number of amides is 1. The second kappa shape index (κ2) is 6.29. The maximum atomic E-state index is 14.6. The summed E-state index contributed by atoms with van der Waals surface area (Å²) in [4.78, 5) is 23.7.